The van der Waals surface area contributed by atoms with Gasteiger partial charge in [-0.2, -0.15) is 18.3 Å². The van der Waals surface area contributed by atoms with Gasteiger partial charge in [-0.3, -0.25) is 9.13 Å². The van der Waals surface area contributed by atoms with Gasteiger partial charge >= 0.3 is 11.9 Å². The number of fused-ring (bicyclic) bond motifs is 2. The van der Waals surface area contributed by atoms with E-state index in [2.05, 4.69) is 15.5 Å². The number of nitrogens with one attached hydrogen (secondary N) is 1. The van der Waals surface area contributed by atoms with Crippen LogP contribution in [0.2, 0.25) is 0 Å². The van der Waals surface area contributed by atoms with Crippen LogP contribution in [0.4, 0.5) is 23.4 Å². The van der Waals surface area contributed by atoms with E-state index in [-0.39, 0.29) is 17.1 Å². The Balaban J connectivity index is 1.84. The second-order valence-corrected chi connectivity index (χ2v) is 7.49. The lowest BCUT2D eigenvalue weighted by molar-refractivity contribution is -0.140. The summed E-state index contributed by atoms with van der Waals surface area (Å²) in [5.41, 5.74) is 0.333. The molecule has 0 aliphatic heterocycles. The summed E-state index contributed by atoms with van der Waals surface area (Å²) in [6, 6.07) is 5.94. The molecule has 0 unspecified atom stereocenters. The molecule has 0 aliphatic rings. The summed E-state index contributed by atoms with van der Waals surface area (Å²) in [5.74, 6) is -1.05. The number of anilines is 1. The quantitative estimate of drug-likeness (QED) is 0.485. The Bertz CT molecular complexity index is 1390. The number of aromatic nitrogens is 4. The monoisotopic (exact) mass is 433 g/mol. The standard InChI is InChI=1S/C21H19F4N5O/c1-10(12-6-5-7-15(18(12)22)21(23,24)25)26-19-14-9-17-16(29(3)20(31)30(17)4)8-13(14)11(2)27-28-19/h5-10H,1-4H3,(H,26,28)/t10-/m1/s1. The molecule has 0 spiro atoms. The second-order valence-electron chi connectivity index (χ2n) is 7.49. The zero-order valence-corrected chi connectivity index (χ0v) is 17.2. The smallest absolute Gasteiger partial charge is 0.361 e. The van der Waals surface area contributed by atoms with Crippen molar-refractivity contribution < 1.29 is 17.6 Å². The molecule has 0 amide bonds. The molecule has 1 atom stereocenters. The predicted molar refractivity (Wildman–Crippen MR) is 109 cm³/mol. The highest BCUT2D eigenvalue weighted by molar-refractivity contribution is 6.01. The number of hydrogen-bond acceptors (Lipinski definition) is 4. The first-order chi connectivity index (χ1) is 14.5. The number of hydrogen-bond donors (Lipinski definition) is 1. The largest absolute Gasteiger partial charge is 0.419 e. The lowest BCUT2D eigenvalue weighted by atomic mass is 10.0. The number of alkyl halides is 3. The van der Waals surface area contributed by atoms with Gasteiger partial charge in [-0.15, -0.1) is 5.10 Å². The minimum atomic E-state index is -4.79. The summed E-state index contributed by atoms with van der Waals surface area (Å²) < 4.78 is 56.8. The minimum Gasteiger partial charge on any atom is -0.361 e. The lowest BCUT2D eigenvalue weighted by Gasteiger charge is -2.19. The normalized spacial score (nSPS) is 13.2. The Hall–Kier alpha value is -3.43. The molecule has 2 aromatic heterocycles. The predicted octanol–water partition coefficient (Wildman–Crippen LogP) is 4.46. The zero-order chi connectivity index (χ0) is 22.7. The molecule has 2 heterocycles. The molecule has 162 valence electrons. The molecule has 0 aliphatic carbocycles. The van der Waals surface area contributed by atoms with Crippen molar-refractivity contribution in [3.63, 3.8) is 0 Å². The molecule has 0 saturated heterocycles. The Kier molecular flexibility index (Phi) is 4.75. The maximum Gasteiger partial charge on any atom is 0.419 e. The molecule has 31 heavy (non-hydrogen) atoms. The van der Waals surface area contributed by atoms with Crippen molar-refractivity contribution in [2.45, 2.75) is 26.1 Å². The van der Waals surface area contributed by atoms with Crippen LogP contribution in [0.1, 0.15) is 29.8 Å². The van der Waals surface area contributed by atoms with Gasteiger partial charge in [0.1, 0.15) is 5.82 Å². The van der Waals surface area contributed by atoms with Gasteiger partial charge in [-0.05, 0) is 32.0 Å². The van der Waals surface area contributed by atoms with Gasteiger partial charge in [-0.1, -0.05) is 12.1 Å². The van der Waals surface area contributed by atoms with Crippen LogP contribution in [-0.2, 0) is 20.3 Å². The molecule has 0 saturated carbocycles. The highest BCUT2D eigenvalue weighted by Crippen LogP contribution is 2.35. The fourth-order valence-corrected chi connectivity index (χ4v) is 3.77. The van der Waals surface area contributed by atoms with Gasteiger partial charge in [0.2, 0.25) is 0 Å². The van der Waals surface area contributed by atoms with E-state index in [4.69, 9.17) is 0 Å². The molecule has 0 bridgehead atoms. The van der Waals surface area contributed by atoms with E-state index in [1.807, 2.05) is 6.07 Å². The maximum atomic E-state index is 14.6. The number of rotatable bonds is 3. The van der Waals surface area contributed by atoms with Crippen LogP contribution in [0.15, 0.2) is 35.1 Å². The first-order valence-corrected chi connectivity index (χ1v) is 9.45. The second kappa shape index (κ2) is 7.07. The van der Waals surface area contributed by atoms with E-state index >= 15 is 0 Å². The van der Waals surface area contributed by atoms with Crippen LogP contribution < -0.4 is 11.0 Å². The van der Waals surface area contributed by atoms with E-state index < -0.39 is 23.6 Å². The molecular weight excluding hydrogens is 414 g/mol. The average Bonchev–Trinajstić information content (AvgIpc) is 2.92. The van der Waals surface area contributed by atoms with E-state index in [1.54, 1.807) is 34.0 Å². The molecule has 4 aromatic rings. The first kappa shape index (κ1) is 20.8. The highest BCUT2D eigenvalue weighted by atomic mass is 19.4. The van der Waals surface area contributed by atoms with Crippen molar-refractivity contribution in [2.24, 2.45) is 14.1 Å². The molecule has 4 rings (SSSR count). The Morgan fingerprint density at radius 3 is 2.26 bits per heavy atom. The van der Waals surface area contributed by atoms with Gasteiger partial charge in [0.15, 0.2) is 5.82 Å². The number of benzene rings is 2. The van der Waals surface area contributed by atoms with Crippen molar-refractivity contribution in [2.75, 3.05) is 5.32 Å². The van der Waals surface area contributed by atoms with E-state index in [0.717, 1.165) is 5.39 Å². The van der Waals surface area contributed by atoms with Crippen LogP contribution in [0.5, 0.6) is 0 Å². The third-order valence-electron chi connectivity index (χ3n) is 5.51. The van der Waals surface area contributed by atoms with Crippen LogP contribution >= 0.6 is 0 Å². The van der Waals surface area contributed by atoms with Gasteiger partial charge < -0.3 is 5.32 Å². The van der Waals surface area contributed by atoms with Crippen molar-refractivity contribution >= 4 is 27.6 Å². The number of imidazole rings is 1. The highest BCUT2D eigenvalue weighted by Gasteiger charge is 2.35. The number of halogens is 4. The van der Waals surface area contributed by atoms with E-state index in [1.165, 1.54) is 21.3 Å². The fraction of sp³-hybridized carbons (Fsp3) is 0.286. The summed E-state index contributed by atoms with van der Waals surface area (Å²) in [5, 5.41) is 12.6. The third-order valence-corrected chi connectivity index (χ3v) is 5.51. The van der Waals surface area contributed by atoms with Gasteiger partial charge in [0, 0.05) is 30.4 Å². The van der Waals surface area contributed by atoms with Crippen LogP contribution in [0.25, 0.3) is 21.8 Å². The molecule has 1 N–H and O–H groups in total. The molecule has 6 nitrogen and oxygen atoms in total. The minimum absolute atomic E-state index is 0.140. The summed E-state index contributed by atoms with van der Waals surface area (Å²) in [6.07, 6.45) is -4.79. The molecular formula is C21H19F4N5O. The van der Waals surface area contributed by atoms with Crippen molar-refractivity contribution in [3.8, 4) is 0 Å². The summed E-state index contributed by atoms with van der Waals surface area (Å²) in [4.78, 5) is 12.3. The Labute approximate surface area is 174 Å². The Morgan fingerprint density at radius 1 is 1.03 bits per heavy atom. The van der Waals surface area contributed by atoms with Gasteiger partial charge in [0.05, 0.1) is 28.3 Å². The number of aryl methyl sites for hydroxylation is 3. The topological polar surface area (TPSA) is 64.7 Å². The summed E-state index contributed by atoms with van der Waals surface area (Å²) >= 11 is 0. The van der Waals surface area contributed by atoms with Crippen molar-refractivity contribution in [3.05, 3.63) is 63.5 Å². The average molecular weight is 433 g/mol. The lowest BCUT2D eigenvalue weighted by Crippen LogP contribution is -2.19. The van der Waals surface area contributed by atoms with Crippen LogP contribution in [0, 0.1) is 12.7 Å². The van der Waals surface area contributed by atoms with E-state index in [9.17, 15) is 22.4 Å². The summed E-state index contributed by atoms with van der Waals surface area (Å²) in [7, 11) is 3.31. The molecule has 0 radical (unpaired) electrons. The first-order valence-electron chi connectivity index (χ1n) is 9.45. The molecule has 2 aromatic carbocycles. The van der Waals surface area contributed by atoms with Gasteiger partial charge in [0.25, 0.3) is 0 Å². The SMILES string of the molecule is Cc1nnc(N[C@H](C)c2cccc(C(F)(F)F)c2F)c2cc3c(cc12)n(C)c(=O)n3C. The van der Waals surface area contributed by atoms with Gasteiger partial charge in [-0.25, -0.2) is 9.18 Å². The van der Waals surface area contributed by atoms with Crippen molar-refractivity contribution in [1.82, 2.24) is 19.3 Å². The maximum absolute atomic E-state index is 14.6. The van der Waals surface area contributed by atoms with E-state index in [0.29, 0.717) is 28.2 Å². The van der Waals surface area contributed by atoms with Crippen LogP contribution in [-0.4, -0.2) is 19.3 Å². The van der Waals surface area contributed by atoms with Crippen molar-refractivity contribution in [1.29, 1.82) is 0 Å². The zero-order valence-electron chi connectivity index (χ0n) is 17.2. The summed E-state index contributed by atoms with van der Waals surface area (Å²) in [6.45, 7) is 3.31. The Morgan fingerprint density at radius 2 is 1.65 bits per heavy atom. The third kappa shape index (κ3) is 3.31. The number of nitrogens with zero attached hydrogens (tertiary/aromatic N) is 4. The van der Waals surface area contributed by atoms with Crippen LogP contribution in [0.3, 0.4) is 0 Å². The fourth-order valence-electron chi connectivity index (χ4n) is 3.77. The molecule has 0 fully saturated rings. The molecule has 10 heteroatoms.